The summed E-state index contributed by atoms with van der Waals surface area (Å²) in [6, 6.07) is 12.0. The fraction of sp³-hybridized carbons (Fsp3) is 0.381. The van der Waals surface area contributed by atoms with E-state index in [2.05, 4.69) is 5.32 Å². The van der Waals surface area contributed by atoms with Crippen molar-refractivity contribution in [2.75, 3.05) is 18.4 Å². The maximum atomic E-state index is 13.1. The molecule has 150 valence electrons. The molecule has 3 rings (SSSR count). The van der Waals surface area contributed by atoms with E-state index in [9.17, 15) is 13.2 Å². The molecule has 28 heavy (non-hydrogen) atoms. The Kier molecular flexibility index (Phi) is 6.75. The monoisotopic (exact) mass is 420 g/mol. The first-order valence-corrected chi connectivity index (χ1v) is 11.4. The van der Waals surface area contributed by atoms with Gasteiger partial charge in [-0.05, 0) is 49.1 Å². The van der Waals surface area contributed by atoms with Crippen LogP contribution in [0.1, 0.15) is 48.5 Å². The number of rotatable bonds is 5. The summed E-state index contributed by atoms with van der Waals surface area (Å²) in [6.07, 6.45) is 4.51. The molecule has 0 aromatic heterocycles. The Morgan fingerprint density at radius 1 is 1.07 bits per heavy atom. The molecular formula is C21H25ClN2O3S. The summed E-state index contributed by atoms with van der Waals surface area (Å²) in [5, 5.41) is 3.01. The van der Waals surface area contributed by atoms with Gasteiger partial charge in [0.25, 0.3) is 5.91 Å². The van der Waals surface area contributed by atoms with Gasteiger partial charge < -0.3 is 5.32 Å². The molecule has 0 unspecified atom stereocenters. The molecule has 1 amide bonds. The number of carbonyl (C=O) groups is 1. The van der Waals surface area contributed by atoms with Crippen molar-refractivity contribution in [3.63, 3.8) is 0 Å². The summed E-state index contributed by atoms with van der Waals surface area (Å²) < 4.78 is 27.7. The van der Waals surface area contributed by atoms with Gasteiger partial charge in [-0.15, -0.1) is 0 Å². The van der Waals surface area contributed by atoms with Gasteiger partial charge in [0.05, 0.1) is 5.02 Å². The second-order valence-electron chi connectivity index (χ2n) is 6.93. The molecule has 5 nitrogen and oxygen atoms in total. The van der Waals surface area contributed by atoms with Gasteiger partial charge in [-0.3, -0.25) is 4.79 Å². The summed E-state index contributed by atoms with van der Waals surface area (Å²) in [5.41, 5.74) is 2.01. The molecule has 0 spiro atoms. The zero-order valence-electron chi connectivity index (χ0n) is 15.9. The molecule has 7 heteroatoms. The van der Waals surface area contributed by atoms with E-state index in [1.807, 2.05) is 31.2 Å². The number of para-hydroxylation sites is 1. The number of halogens is 1. The number of hydrogen-bond acceptors (Lipinski definition) is 3. The van der Waals surface area contributed by atoms with Crippen molar-refractivity contribution in [3.05, 3.63) is 58.6 Å². The number of nitrogens with zero attached hydrogens (tertiary/aromatic N) is 1. The number of aryl methyl sites for hydroxylation is 1. The normalized spacial score (nSPS) is 15.8. The zero-order valence-corrected chi connectivity index (χ0v) is 17.5. The van der Waals surface area contributed by atoms with Crippen LogP contribution in [0.15, 0.2) is 47.4 Å². The van der Waals surface area contributed by atoms with E-state index in [1.165, 1.54) is 16.4 Å². The summed E-state index contributed by atoms with van der Waals surface area (Å²) in [5.74, 6) is -0.357. The molecule has 1 aliphatic rings. The first kappa shape index (κ1) is 20.8. The van der Waals surface area contributed by atoms with E-state index in [0.717, 1.165) is 43.4 Å². The lowest BCUT2D eigenvalue weighted by Crippen LogP contribution is -2.32. The Hall–Kier alpha value is -1.89. The fourth-order valence-corrected chi connectivity index (χ4v) is 5.43. The molecule has 0 saturated carbocycles. The highest BCUT2D eigenvalue weighted by Crippen LogP contribution is 2.28. The quantitative estimate of drug-likeness (QED) is 0.761. The van der Waals surface area contributed by atoms with E-state index >= 15 is 0 Å². The predicted octanol–water partition coefficient (Wildman–Crippen LogP) is 4.72. The number of hydrogen-bond donors (Lipinski definition) is 1. The van der Waals surface area contributed by atoms with Crippen LogP contribution < -0.4 is 5.32 Å². The van der Waals surface area contributed by atoms with Crippen LogP contribution in [0.25, 0.3) is 0 Å². The lowest BCUT2D eigenvalue weighted by molar-refractivity contribution is 0.102. The maximum Gasteiger partial charge on any atom is 0.255 e. The van der Waals surface area contributed by atoms with Crippen molar-refractivity contribution in [1.29, 1.82) is 0 Å². The average molecular weight is 421 g/mol. The number of benzene rings is 2. The smallest absolute Gasteiger partial charge is 0.255 e. The summed E-state index contributed by atoms with van der Waals surface area (Å²) in [7, 11) is -3.74. The minimum Gasteiger partial charge on any atom is -0.322 e. The van der Waals surface area contributed by atoms with Crippen molar-refractivity contribution >= 4 is 33.2 Å². The van der Waals surface area contributed by atoms with Gasteiger partial charge in [0, 0.05) is 24.3 Å². The first-order valence-electron chi connectivity index (χ1n) is 9.62. The molecular weight excluding hydrogens is 396 g/mol. The second-order valence-corrected chi connectivity index (χ2v) is 9.24. The van der Waals surface area contributed by atoms with Crippen molar-refractivity contribution < 1.29 is 13.2 Å². The molecule has 1 aliphatic heterocycles. The van der Waals surface area contributed by atoms with Gasteiger partial charge in [-0.2, -0.15) is 4.31 Å². The molecule has 1 heterocycles. The van der Waals surface area contributed by atoms with Gasteiger partial charge in [-0.1, -0.05) is 49.6 Å². The van der Waals surface area contributed by atoms with Crippen molar-refractivity contribution in [1.82, 2.24) is 4.31 Å². The highest BCUT2D eigenvalue weighted by atomic mass is 35.5. The third kappa shape index (κ3) is 4.57. The lowest BCUT2D eigenvalue weighted by atomic mass is 10.1. The highest BCUT2D eigenvalue weighted by molar-refractivity contribution is 7.89. The molecule has 1 N–H and O–H groups in total. The van der Waals surface area contributed by atoms with Gasteiger partial charge in [-0.25, -0.2) is 8.42 Å². The van der Waals surface area contributed by atoms with E-state index in [4.69, 9.17) is 11.6 Å². The van der Waals surface area contributed by atoms with Crippen LogP contribution in [0.3, 0.4) is 0 Å². The zero-order chi connectivity index (χ0) is 20.1. The van der Waals surface area contributed by atoms with Crippen molar-refractivity contribution in [2.24, 2.45) is 0 Å². The summed E-state index contributed by atoms with van der Waals surface area (Å²) in [4.78, 5) is 12.7. The predicted molar refractivity (Wildman–Crippen MR) is 112 cm³/mol. The molecule has 1 saturated heterocycles. The number of nitrogens with one attached hydrogen (secondary N) is 1. The molecule has 0 bridgehead atoms. The Bertz CT molecular complexity index is 952. The van der Waals surface area contributed by atoms with Crippen LogP contribution >= 0.6 is 11.6 Å². The lowest BCUT2D eigenvalue weighted by Gasteiger charge is -2.21. The Morgan fingerprint density at radius 2 is 1.75 bits per heavy atom. The Balaban J connectivity index is 1.89. The van der Waals surface area contributed by atoms with E-state index in [1.54, 1.807) is 6.07 Å². The summed E-state index contributed by atoms with van der Waals surface area (Å²) >= 11 is 6.22. The summed E-state index contributed by atoms with van der Waals surface area (Å²) in [6.45, 7) is 2.98. The van der Waals surface area contributed by atoms with Crippen LogP contribution in [-0.4, -0.2) is 31.7 Å². The Morgan fingerprint density at radius 3 is 2.43 bits per heavy atom. The fourth-order valence-electron chi connectivity index (χ4n) is 3.41. The standard InChI is InChI=1S/C21H25ClN2O3S/c1-2-16-9-5-6-10-19(16)23-21(25)17-11-12-18(22)20(15-17)28(26,27)24-13-7-3-4-8-14-24/h5-6,9-12,15H,2-4,7-8,13-14H2,1H3,(H,23,25). The van der Waals surface area contributed by atoms with Gasteiger partial charge in [0.2, 0.25) is 10.0 Å². The number of amides is 1. The van der Waals surface area contributed by atoms with Gasteiger partial charge >= 0.3 is 0 Å². The minimum absolute atomic E-state index is 0.00695. The second kappa shape index (κ2) is 9.07. The third-order valence-electron chi connectivity index (χ3n) is 5.02. The van der Waals surface area contributed by atoms with Crippen LogP contribution in [0.2, 0.25) is 5.02 Å². The molecule has 2 aromatic rings. The average Bonchev–Trinajstić information content (AvgIpc) is 2.98. The molecule has 1 fully saturated rings. The topological polar surface area (TPSA) is 66.5 Å². The van der Waals surface area contributed by atoms with E-state index in [-0.39, 0.29) is 21.4 Å². The molecule has 0 aliphatic carbocycles. The number of sulfonamides is 1. The van der Waals surface area contributed by atoms with Crippen LogP contribution in [-0.2, 0) is 16.4 Å². The minimum atomic E-state index is -3.74. The van der Waals surface area contributed by atoms with Crippen LogP contribution in [0, 0.1) is 0 Å². The molecule has 2 aromatic carbocycles. The third-order valence-corrected chi connectivity index (χ3v) is 7.40. The van der Waals surface area contributed by atoms with Crippen LogP contribution in [0.5, 0.6) is 0 Å². The van der Waals surface area contributed by atoms with Crippen molar-refractivity contribution in [2.45, 2.75) is 43.9 Å². The number of carbonyl (C=O) groups excluding carboxylic acids is 1. The number of anilines is 1. The molecule has 0 radical (unpaired) electrons. The van der Waals surface area contributed by atoms with Crippen LogP contribution in [0.4, 0.5) is 5.69 Å². The SMILES string of the molecule is CCc1ccccc1NC(=O)c1ccc(Cl)c(S(=O)(=O)N2CCCCCC2)c1. The largest absolute Gasteiger partial charge is 0.322 e. The van der Waals surface area contributed by atoms with Gasteiger partial charge in [0.15, 0.2) is 0 Å². The van der Waals surface area contributed by atoms with Gasteiger partial charge in [0.1, 0.15) is 4.90 Å². The Labute approximate surface area is 171 Å². The highest BCUT2D eigenvalue weighted by Gasteiger charge is 2.28. The van der Waals surface area contributed by atoms with Crippen molar-refractivity contribution in [3.8, 4) is 0 Å². The maximum absolute atomic E-state index is 13.1. The molecule has 0 atom stereocenters. The first-order chi connectivity index (χ1) is 13.4. The van der Waals surface area contributed by atoms with E-state index < -0.39 is 10.0 Å². The van der Waals surface area contributed by atoms with E-state index in [0.29, 0.717) is 13.1 Å².